The van der Waals surface area contributed by atoms with Crippen LogP contribution in [0.4, 0.5) is 5.69 Å². The number of carbonyl (C=O) groups excluding carboxylic acids is 1. The maximum absolute atomic E-state index is 13.0. The van der Waals surface area contributed by atoms with Crippen molar-refractivity contribution in [3.63, 3.8) is 0 Å². The highest BCUT2D eigenvalue weighted by molar-refractivity contribution is 5.92. The van der Waals surface area contributed by atoms with Crippen LogP contribution in [-0.2, 0) is 24.3 Å². The molecule has 1 aliphatic heterocycles. The molecule has 1 aliphatic rings. The molecule has 27 heavy (non-hydrogen) atoms. The Morgan fingerprint density at radius 2 is 2.15 bits per heavy atom. The second-order valence-corrected chi connectivity index (χ2v) is 6.83. The molecule has 4 rings (SSSR count). The third-order valence-corrected chi connectivity index (χ3v) is 4.98. The highest BCUT2D eigenvalue weighted by Crippen LogP contribution is 2.20. The van der Waals surface area contributed by atoms with E-state index in [1.54, 1.807) is 28.4 Å². The molecule has 140 valence electrons. The molecule has 1 aromatic carbocycles. The number of carbonyl (C=O) groups is 1. The number of aryl methyl sites for hydroxylation is 2. The fourth-order valence-electron chi connectivity index (χ4n) is 3.64. The maximum Gasteiger partial charge on any atom is 0.278 e. The average Bonchev–Trinajstić information content (AvgIpc) is 2.97. The van der Waals surface area contributed by atoms with E-state index in [1.165, 1.54) is 0 Å². The van der Waals surface area contributed by atoms with Gasteiger partial charge in [-0.05, 0) is 38.0 Å². The van der Waals surface area contributed by atoms with Crippen LogP contribution in [0.2, 0.25) is 0 Å². The van der Waals surface area contributed by atoms with Crippen molar-refractivity contribution in [3.05, 3.63) is 52.2 Å². The summed E-state index contributed by atoms with van der Waals surface area (Å²) < 4.78 is 8.68. The first-order chi connectivity index (χ1) is 13.1. The van der Waals surface area contributed by atoms with Crippen molar-refractivity contribution in [3.8, 4) is 5.75 Å². The number of amides is 1. The third kappa shape index (κ3) is 3.20. The normalized spacial score (nSPS) is 13.4. The lowest BCUT2D eigenvalue weighted by atomic mass is 10.1. The van der Waals surface area contributed by atoms with Crippen LogP contribution in [-0.4, -0.2) is 27.1 Å². The van der Waals surface area contributed by atoms with Gasteiger partial charge in [0.05, 0.1) is 12.6 Å². The molecule has 0 radical (unpaired) electrons. The Balaban J connectivity index is 1.66. The first-order valence-electron chi connectivity index (χ1n) is 9.10. The van der Waals surface area contributed by atoms with E-state index in [2.05, 4.69) is 10.3 Å². The number of ether oxygens (including phenoxy) is 1. The van der Waals surface area contributed by atoms with Crippen molar-refractivity contribution >= 4 is 22.6 Å². The first-order valence-corrected chi connectivity index (χ1v) is 9.10. The second-order valence-electron chi connectivity index (χ2n) is 6.83. The second kappa shape index (κ2) is 6.90. The van der Waals surface area contributed by atoms with Gasteiger partial charge in [-0.25, -0.2) is 4.98 Å². The quantitative estimate of drug-likeness (QED) is 0.769. The lowest BCUT2D eigenvalue weighted by Gasteiger charge is -2.17. The van der Waals surface area contributed by atoms with Crippen molar-refractivity contribution in [2.24, 2.45) is 0 Å². The smallest absolute Gasteiger partial charge is 0.278 e. The number of hydrogen-bond acceptors (Lipinski definition) is 4. The Hall–Kier alpha value is -3.09. The molecule has 0 unspecified atom stereocenters. The van der Waals surface area contributed by atoms with Crippen LogP contribution in [0.25, 0.3) is 11.0 Å². The highest BCUT2D eigenvalue weighted by Gasteiger charge is 2.19. The van der Waals surface area contributed by atoms with Gasteiger partial charge in [0.2, 0.25) is 5.91 Å². The Morgan fingerprint density at radius 1 is 1.30 bits per heavy atom. The van der Waals surface area contributed by atoms with Gasteiger partial charge in [0.1, 0.15) is 23.6 Å². The van der Waals surface area contributed by atoms with Crippen LogP contribution >= 0.6 is 0 Å². The van der Waals surface area contributed by atoms with Gasteiger partial charge in [0.25, 0.3) is 5.56 Å². The van der Waals surface area contributed by atoms with Gasteiger partial charge in [0, 0.05) is 30.4 Å². The van der Waals surface area contributed by atoms with Crippen LogP contribution < -0.4 is 15.6 Å². The molecule has 7 heteroatoms. The molecule has 1 amide bonds. The zero-order chi connectivity index (χ0) is 19.0. The van der Waals surface area contributed by atoms with E-state index >= 15 is 0 Å². The van der Waals surface area contributed by atoms with E-state index < -0.39 is 0 Å². The molecule has 0 atom stereocenters. The Morgan fingerprint density at radius 3 is 2.96 bits per heavy atom. The fraction of sp³-hybridized carbons (Fsp3) is 0.350. The highest BCUT2D eigenvalue weighted by atomic mass is 16.5. The Bertz CT molecular complexity index is 1080. The molecule has 0 fully saturated rings. The summed E-state index contributed by atoms with van der Waals surface area (Å²) in [4.78, 5) is 30.2. The standard InChI is InChI=1S/C20H22N4O3/c1-13-10-16-19(20(26)23-9-4-3-8-17(23)22-16)24(13)12-18(25)21-14-6-5-7-15(11-14)27-2/h5-7,10-11H,3-4,8-9,12H2,1-2H3,(H,21,25). The molecule has 7 nitrogen and oxygen atoms in total. The summed E-state index contributed by atoms with van der Waals surface area (Å²) in [7, 11) is 1.58. The summed E-state index contributed by atoms with van der Waals surface area (Å²) >= 11 is 0. The molecule has 0 saturated carbocycles. The molecule has 0 bridgehead atoms. The van der Waals surface area contributed by atoms with Gasteiger partial charge >= 0.3 is 0 Å². The molecular weight excluding hydrogens is 344 g/mol. The first kappa shape index (κ1) is 17.3. The molecular formula is C20H22N4O3. The minimum absolute atomic E-state index is 0.0583. The van der Waals surface area contributed by atoms with E-state index in [1.807, 2.05) is 25.1 Å². The summed E-state index contributed by atoms with van der Waals surface area (Å²) in [5, 5.41) is 2.86. The van der Waals surface area contributed by atoms with Crippen LogP contribution in [0.5, 0.6) is 5.75 Å². The predicted octanol–water partition coefficient (Wildman–Crippen LogP) is 2.49. The molecule has 0 aliphatic carbocycles. The Kier molecular flexibility index (Phi) is 4.43. The van der Waals surface area contributed by atoms with Crippen molar-refractivity contribution in [1.29, 1.82) is 0 Å². The number of rotatable bonds is 4. The number of anilines is 1. The summed E-state index contributed by atoms with van der Waals surface area (Å²) in [6, 6.07) is 9.06. The number of fused-ring (bicyclic) bond motifs is 2. The summed E-state index contributed by atoms with van der Waals surface area (Å²) in [5.74, 6) is 1.31. The number of nitrogens with zero attached hydrogens (tertiary/aromatic N) is 3. The van der Waals surface area contributed by atoms with Crippen LogP contribution in [0.15, 0.2) is 35.1 Å². The minimum atomic E-state index is -0.203. The van der Waals surface area contributed by atoms with Gasteiger partial charge in [-0.15, -0.1) is 0 Å². The molecule has 0 saturated heterocycles. The number of benzene rings is 1. The van der Waals surface area contributed by atoms with Gasteiger partial charge < -0.3 is 14.6 Å². The van der Waals surface area contributed by atoms with Crippen molar-refractivity contribution in [2.45, 2.75) is 39.3 Å². The number of aromatic nitrogens is 3. The van der Waals surface area contributed by atoms with E-state index in [-0.39, 0.29) is 18.0 Å². The number of methoxy groups -OCH3 is 1. The van der Waals surface area contributed by atoms with Gasteiger partial charge in [0.15, 0.2) is 0 Å². The average molecular weight is 366 g/mol. The third-order valence-electron chi connectivity index (χ3n) is 4.98. The predicted molar refractivity (Wildman–Crippen MR) is 103 cm³/mol. The van der Waals surface area contributed by atoms with Crippen molar-refractivity contribution in [2.75, 3.05) is 12.4 Å². The summed E-state index contributed by atoms with van der Waals surface area (Å²) in [5.41, 5.74) is 2.61. The summed E-state index contributed by atoms with van der Waals surface area (Å²) in [6.07, 6.45) is 2.86. The molecule has 3 heterocycles. The molecule has 3 aromatic rings. The van der Waals surface area contributed by atoms with Crippen LogP contribution in [0.3, 0.4) is 0 Å². The molecule has 2 aromatic heterocycles. The SMILES string of the molecule is COc1cccc(NC(=O)Cn2c(C)cc3nc4n(c(=O)c32)CCCC4)c1. The maximum atomic E-state index is 13.0. The lowest BCUT2D eigenvalue weighted by Crippen LogP contribution is -2.30. The van der Waals surface area contributed by atoms with Crippen LogP contribution in [0, 0.1) is 6.92 Å². The van der Waals surface area contributed by atoms with E-state index in [0.29, 0.717) is 29.0 Å². The minimum Gasteiger partial charge on any atom is -0.497 e. The fourth-order valence-corrected chi connectivity index (χ4v) is 3.64. The van der Waals surface area contributed by atoms with Crippen molar-refractivity contribution in [1.82, 2.24) is 14.1 Å². The topological polar surface area (TPSA) is 78.2 Å². The zero-order valence-electron chi connectivity index (χ0n) is 15.5. The van der Waals surface area contributed by atoms with Gasteiger partial charge in [-0.3, -0.25) is 14.2 Å². The zero-order valence-corrected chi connectivity index (χ0v) is 15.5. The largest absolute Gasteiger partial charge is 0.497 e. The number of nitrogens with one attached hydrogen (secondary N) is 1. The van der Waals surface area contributed by atoms with E-state index in [4.69, 9.17) is 4.74 Å². The monoisotopic (exact) mass is 366 g/mol. The van der Waals surface area contributed by atoms with Crippen LogP contribution in [0.1, 0.15) is 24.4 Å². The van der Waals surface area contributed by atoms with Gasteiger partial charge in [-0.2, -0.15) is 0 Å². The molecule has 1 N–H and O–H groups in total. The lowest BCUT2D eigenvalue weighted by molar-refractivity contribution is -0.116. The molecule has 0 spiro atoms. The summed E-state index contributed by atoms with van der Waals surface area (Å²) in [6.45, 7) is 2.64. The van der Waals surface area contributed by atoms with Crippen molar-refractivity contribution < 1.29 is 9.53 Å². The van der Waals surface area contributed by atoms with E-state index in [0.717, 1.165) is 30.8 Å². The van der Waals surface area contributed by atoms with E-state index in [9.17, 15) is 9.59 Å². The number of hydrogen-bond donors (Lipinski definition) is 1. The Labute approximate surface area is 156 Å². The van der Waals surface area contributed by atoms with Gasteiger partial charge in [-0.1, -0.05) is 6.07 Å².